The summed E-state index contributed by atoms with van der Waals surface area (Å²) in [5.41, 5.74) is 1.28. The molecule has 2 aromatic rings. The number of rotatable bonds is 5. The maximum atomic E-state index is 12.9. The molecular weight excluding hydrogens is 323 g/mol. The van der Waals surface area contributed by atoms with E-state index in [4.69, 9.17) is 4.74 Å². The number of ether oxygens (including phenoxy) is 1. The minimum Gasteiger partial charge on any atom is -0.373 e. The van der Waals surface area contributed by atoms with Crippen molar-refractivity contribution in [3.63, 3.8) is 0 Å². The van der Waals surface area contributed by atoms with Gasteiger partial charge in [-0.2, -0.15) is 0 Å². The van der Waals surface area contributed by atoms with E-state index in [1.807, 2.05) is 6.07 Å². The number of hydrogen-bond acceptors (Lipinski definition) is 5. The summed E-state index contributed by atoms with van der Waals surface area (Å²) in [5, 5.41) is 10.6. The van der Waals surface area contributed by atoms with Crippen LogP contribution in [0.2, 0.25) is 0 Å². The minimum absolute atomic E-state index is 0.180. The van der Waals surface area contributed by atoms with Gasteiger partial charge in [0.25, 0.3) is 5.91 Å². The second-order valence-corrected chi connectivity index (χ2v) is 5.98. The van der Waals surface area contributed by atoms with Crippen molar-refractivity contribution >= 4 is 11.7 Å². The van der Waals surface area contributed by atoms with E-state index >= 15 is 0 Å². The lowest BCUT2D eigenvalue weighted by Crippen LogP contribution is -2.37. The predicted molar refractivity (Wildman–Crippen MR) is 91.8 cm³/mol. The van der Waals surface area contributed by atoms with Gasteiger partial charge in [0, 0.05) is 20.1 Å². The SMILES string of the molecule is CNC(=O)c1ccc(N2CCC(OCc3ccc(F)cc3)CC2)nn1. The Morgan fingerprint density at radius 3 is 2.52 bits per heavy atom. The van der Waals surface area contributed by atoms with Crippen molar-refractivity contribution in [2.45, 2.75) is 25.6 Å². The third-order valence-electron chi connectivity index (χ3n) is 4.28. The largest absolute Gasteiger partial charge is 0.373 e. The molecule has 0 spiro atoms. The van der Waals surface area contributed by atoms with Crippen molar-refractivity contribution in [1.82, 2.24) is 15.5 Å². The van der Waals surface area contributed by atoms with Crippen LogP contribution >= 0.6 is 0 Å². The lowest BCUT2D eigenvalue weighted by Gasteiger charge is -2.32. The Kier molecular flexibility index (Phi) is 5.55. The molecule has 7 heteroatoms. The Morgan fingerprint density at radius 2 is 1.92 bits per heavy atom. The van der Waals surface area contributed by atoms with Crippen LogP contribution in [0.1, 0.15) is 28.9 Å². The van der Waals surface area contributed by atoms with Crippen LogP contribution in [0.5, 0.6) is 0 Å². The van der Waals surface area contributed by atoms with Gasteiger partial charge < -0.3 is 15.0 Å². The normalized spacial score (nSPS) is 15.2. The highest BCUT2D eigenvalue weighted by molar-refractivity contribution is 5.91. The van der Waals surface area contributed by atoms with Crippen LogP contribution in [0.4, 0.5) is 10.2 Å². The summed E-state index contributed by atoms with van der Waals surface area (Å²) in [5.74, 6) is 0.289. The smallest absolute Gasteiger partial charge is 0.271 e. The Bertz CT molecular complexity index is 698. The van der Waals surface area contributed by atoms with Gasteiger partial charge in [0.05, 0.1) is 12.7 Å². The number of piperidine rings is 1. The number of nitrogens with one attached hydrogen (secondary N) is 1. The minimum atomic E-state index is -0.244. The number of carbonyl (C=O) groups is 1. The zero-order valence-corrected chi connectivity index (χ0v) is 14.1. The fourth-order valence-corrected chi connectivity index (χ4v) is 2.79. The van der Waals surface area contributed by atoms with Gasteiger partial charge in [-0.3, -0.25) is 4.79 Å². The van der Waals surface area contributed by atoms with E-state index in [1.165, 1.54) is 12.1 Å². The summed E-state index contributed by atoms with van der Waals surface area (Å²) in [6.07, 6.45) is 1.96. The number of carbonyl (C=O) groups excluding carboxylic acids is 1. The fraction of sp³-hybridized carbons (Fsp3) is 0.389. The number of anilines is 1. The highest BCUT2D eigenvalue weighted by Gasteiger charge is 2.21. The summed E-state index contributed by atoms with van der Waals surface area (Å²) in [4.78, 5) is 13.6. The van der Waals surface area contributed by atoms with Crippen LogP contribution in [0.15, 0.2) is 36.4 Å². The third-order valence-corrected chi connectivity index (χ3v) is 4.28. The van der Waals surface area contributed by atoms with E-state index in [2.05, 4.69) is 20.4 Å². The highest BCUT2D eigenvalue weighted by atomic mass is 19.1. The van der Waals surface area contributed by atoms with Crippen molar-refractivity contribution in [2.24, 2.45) is 0 Å². The van der Waals surface area contributed by atoms with Crippen LogP contribution in [0.25, 0.3) is 0 Å². The molecule has 6 nitrogen and oxygen atoms in total. The van der Waals surface area contributed by atoms with E-state index in [0.29, 0.717) is 12.3 Å². The van der Waals surface area contributed by atoms with E-state index in [9.17, 15) is 9.18 Å². The van der Waals surface area contributed by atoms with Gasteiger partial charge in [-0.25, -0.2) is 4.39 Å². The maximum Gasteiger partial charge on any atom is 0.271 e. The summed E-state index contributed by atoms with van der Waals surface area (Å²) in [6.45, 7) is 2.13. The zero-order chi connectivity index (χ0) is 17.6. The molecule has 1 amide bonds. The first-order chi connectivity index (χ1) is 12.2. The van der Waals surface area contributed by atoms with Crippen molar-refractivity contribution < 1.29 is 13.9 Å². The molecule has 1 aliphatic heterocycles. The zero-order valence-electron chi connectivity index (χ0n) is 14.1. The summed E-state index contributed by atoms with van der Waals surface area (Å²) in [6, 6.07) is 9.88. The molecule has 1 aromatic heterocycles. The molecular formula is C18H21FN4O2. The lowest BCUT2D eigenvalue weighted by atomic mass is 10.1. The monoisotopic (exact) mass is 344 g/mol. The standard InChI is InChI=1S/C18H21FN4O2/c1-20-18(24)16-6-7-17(22-21-16)23-10-8-15(9-11-23)25-12-13-2-4-14(19)5-3-13/h2-7,15H,8-12H2,1H3,(H,20,24). The number of amides is 1. The first kappa shape index (κ1) is 17.3. The van der Waals surface area contributed by atoms with Gasteiger partial charge in [-0.15, -0.1) is 10.2 Å². The number of nitrogens with zero attached hydrogens (tertiary/aromatic N) is 3. The van der Waals surface area contributed by atoms with Crippen LogP contribution in [-0.4, -0.2) is 42.3 Å². The highest BCUT2D eigenvalue weighted by Crippen LogP contribution is 2.20. The first-order valence-corrected chi connectivity index (χ1v) is 8.32. The molecule has 3 rings (SSSR count). The molecule has 0 unspecified atom stereocenters. The maximum absolute atomic E-state index is 12.9. The molecule has 1 saturated heterocycles. The van der Waals surface area contributed by atoms with Crippen LogP contribution in [-0.2, 0) is 11.3 Å². The van der Waals surface area contributed by atoms with Crippen LogP contribution in [0.3, 0.4) is 0 Å². The lowest BCUT2D eigenvalue weighted by molar-refractivity contribution is 0.0250. The average molecular weight is 344 g/mol. The molecule has 2 heterocycles. The summed E-state index contributed by atoms with van der Waals surface area (Å²) in [7, 11) is 1.56. The molecule has 132 valence electrons. The van der Waals surface area contributed by atoms with Gasteiger partial charge in [-0.05, 0) is 42.7 Å². The molecule has 1 aromatic carbocycles. The Hall–Kier alpha value is -2.54. The van der Waals surface area contributed by atoms with Gasteiger partial charge in [0.15, 0.2) is 11.5 Å². The Balaban J connectivity index is 1.48. The number of hydrogen-bond donors (Lipinski definition) is 1. The fourth-order valence-electron chi connectivity index (χ4n) is 2.79. The Labute approximate surface area is 146 Å². The van der Waals surface area contributed by atoms with E-state index in [-0.39, 0.29) is 17.8 Å². The molecule has 1 aliphatic rings. The topological polar surface area (TPSA) is 67.4 Å². The Morgan fingerprint density at radius 1 is 1.20 bits per heavy atom. The quantitative estimate of drug-likeness (QED) is 0.900. The second kappa shape index (κ2) is 8.02. The molecule has 0 atom stereocenters. The molecule has 1 fully saturated rings. The molecule has 0 bridgehead atoms. The first-order valence-electron chi connectivity index (χ1n) is 8.32. The van der Waals surface area contributed by atoms with Gasteiger partial charge in [0.1, 0.15) is 5.82 Å². The summed E-state index contributed by atoms with van der Waals surface area (Å²) >= 11 is 0. The molecule has 0 radical (unpaired) electrons. The average Bonchev–Trinajstić information content (AvgIpc) is 2.67. The number of benzene rings is 1. The number of halogens is 1. The van der Waals surface area contributed by atoms with Gasteiger partial charge in [-0.1, -0.05) is 12.1 Å². The van der Waals surface area contributed by atoms with Crippen molar-refractivity contribution in [3.05, 3.63) is 53.5 Å². The molecule has 0 aliphatic carbocycles. The predicted octanol–water partition coefficient (Wildman–Crippen LogP) is 2.16. The summed E-state index contributed by atoms with van der Waals surface area (Å²) < 4.78 is 18.8. The van der Waals surface area contributed by atoms with Crippen LogP contribution in [0, 0.1) is 5.82 Å². The van der Waals surface area contributed by atoms with Crippen molar-refractivity contribution in [2.75, 3.05) is 25.0 Å². The van der Waals surface area contributed by atoms with E-state index in [1.54, 1.807) is 25.2 Å². The molecule has 0 saturated carbocycles. The number of aromatic nitrogens is 2. The van der Waals surface area contributed by atoms with E-state index in [0.717, 1.165) is 37.3 Å². The van der Waals surface area contributed by atoms with Crippen molar-refractivity contribution in [3.8, 4) is 0 Å². The van der Waals surface area contributed by atoms with E-state index < -0.39 is 0 Å². The molecule has 25 heavy (non-hydrogen) atoms. The van der Waals surface area contributed by atoms with Gasteiger partial charge in [0.2, 0.25) is 0 Å². The van der Waals surface area contributed by atoms with Crippen molar-refractivity contribution in [1.29, 1.82) is 0 Å². The second-order valence-electron chi connectivity index (χ2n) is 5.98. The van der Waals surface area contributed by atoms with Crippen LogP contribution < -0.4 is 10.2 Å². The third kappa shape index (κ3) is 4.51. The van der Waals surface area contributed by atoms with Gasteiger partial charge >= 0.3 is 0 Å². The molecule has 1 N–H and O–H groups in total.